The molecule has 2 N–H and O–H groups in total. The van der Waals surface area contributed by atoms with Crippen molar-refractivity contribution in [2.24, 2.45) is 16.6 Å². The van der Waals surface area contributed by atoms with Crippen LogP contribution >= 0.6 is 12.4 Å². The highest BCUT2D eigenvalue weighted by Gasteiger charge is 2.40. The molecular formula is C10H22ClN. The molecule has 0 radical (unpaired) electrons. The lowest BCUT2D eigenvalue weighted by molar-refractivity contribution is 0.0772. The molecular weight excluding hydrogens is 170 g/mol. The molecule has 12 heavy (non-hydrogen) atoms. The van der Waals surface area contributed by atoms with E-state index in [1.165, 1.54) is 19.3 Å². The van der Waals surface area contributed by atoms with Gasteiger partial charge in [0.1, 0.15) is 0 Å². The van der Waals surface area contributed by atoms with Gasteiger partial charge in [-0.2, -0.15) is 0 Å². The monoisotopic (exact) mass is 191 g/mol. The highest BCUT2D eigenvalue weighted by Crippen LogP contribution is 2.44. The Morgan fingerprint density at radius 1 is 1.00 bits per heavy atom. The minimum absolute atomic E-state index is 0. The van der Waals surface area contributed by atoms with E-state index in [0.717, 1.165) is 0 Å². The van der Waals surface area contributed by atoms with Crippen molar-refractivity contribution >= 4 is 12.4 Å². The molecule has 0 aromatic carbocycles. The molecule has 1 aliphatic carbocycles. The van der Waals surface area contributed by atoms with Crippen LogP contribution in [0.15, 0.2) is 0 Å². The van der Waals surface area contributed by atoms with E-state index >= 15 is 0 Å². The summed E-state index contributed by atoms with van der Waals surface area (Å²) in [5.74, 6) is 0. The van der Waals surface area contributed by atoms with Crippen LogP contribution < -0.4 is 5.73 Å². The lowest BCUT2D eigenvalue weighted by Crippen LogP contribution is -2.51. The first kappa shape index (κ1) is 12.2. The first-order valence-electron chi connectivity index (χ1n) is 4.62. The first-order chi connectivity index (χ1) is 4.86. The molecule has 1 nitrogen and oxygen atoms in total. The Labute approximate surface area is 82.5 Å². The SMILES string of the molecule is CC1(C)CCCC(C)(C)C1N.Cl. The number of rotatable bonds is 0. The molecule has 0 bridgehead atoms. The molecule has 0 unspecified atom stereocenters. The van der Waals surface area contributed by atoms with Gasteiger partial charge >= 0.3 is 0 Å². The topological polar surface area (TPSA) is 26.0 Å². The molecule has 1 fully saturated rings. The maximum Gasteiger partial charge on any atom is 0.0142 e. The standard InChI is InChI=1S/C10H21N.ClH/c1-9(2)6-5-7-10(3,4)8(9)11;/h8H,5-7,11H2,1-4H3;1H. The van der Waals surface area contributed by atoms with Crippen molar-refractivity contribution in [3.63, 3.8) is 0 Å². The van der Waals surface area contributed by atoms with E-state index in [1.807, 2.05) is 0 Å². The van der Waals surface area contributed by atoms with E-state index in [4.69, 9.17) is 5.73 Å². The second-order valence-electron chi connectivity index (χ2n) is 5.31. The van der Waals surface area contributed by atoms with Crippen LogP contribution in [0.4, 0.5) is 0 Å². The van der Waals surface area contributed by atoms with Gasteiger partial charge in [0, 0.05) is 6.04 Å². The van der Waals surface area contributed by atoms with Gasteiger partial charge in [-0.05, 0) is 23.7 Å². The zero-order valence-corrected chi connectivity index (χ0v) is 9.50. The van der Waals surface area contributed by atoms with Crippen molar-refractivity contribution in [1.82, 2.24) is 0 Å². The number of nitrogens with two attached hydrogens (primary N) is 1. The van der Waals surface area contributed by atoms with Crippen LogP contribution in [0, 0.1) is 10.8 Å². The Hall–Kier alpha value is 0.250. The predicted octanol–water partition coefficient (Wildman–Crippen LogP) is 2.97. The highest BCUT2D eigenvalue weighted by atomic mass is 35.5. The number of hydrogen-bond donors (Lipinski definition) is 1. The smallest absolute Gasteiger partial charge is 0.0142 e. The molecule has 74 valence electrons. The van der Waals surface area contributed by atoms with E-state index in [9.17, 15) is 0 Å². The molecule has 1 saturated carbocycles. The fourth-order valence-corrected chi connectivity index (χ4v) is 2.37. The molecule has 0 saturated heterocycles. The van der Waals surface area contributed by atoms with E-state index in [-0.39, 0.29) is 12.4 Å². The van der Waals surface area contributed by atoms with Crippen LogP contribution in [0.2, 0.25) is 0 Å². The fraction of sp³-hybridized carbons (Fsp3) is 1.00. The number of halogens is 1. The summed E-state index contributed by atoms with van der Waals surface area (Å²) in [7, 11) is 0. The van der Waals surface area contributed by atoms with Crippen molar-refractivity contribution in [3.05, 3.63) is 0 Å². The van der Waals surface area contributed by atoms with Crippen molar-refractivity contribution < 1.29 is 0 Å². The van der Waals surface area contributed by atoms with Crippen LogP contribution in [0.1, 0.15) is 47.0 Å². The molecule has 0 heterocycles. The zero-order chi connectivity index (χ0) is 8.70. The van der Waals surface area contributed by atoms with Gasteiger partial charge in [0.2, 0.25) is 0 Å². The van der Waals surface area contributed by atoms with E-state index in [2.05, 4.69) is 27.7 Å². The lowest BCUT2D eigenvalue weighted by atomic mass is 9.62. The normalized spacial score (nSPS) is 27.8. The summed E-state index contributed by atoms with van der Waals surface area (Å²) in [5, 5.41) is 0. The Kier molecular flexibility index (Phi) is 3.62. The largest absolute Gasteiger partial charge is 0.327 e. The summed E-state index contributed by atoms with van der Waals surface area (Å²) in [4.78, 5) is 0. The molecule has 1 rings (SSSR count). The predicted molar refractivity (Wildman–Crippen MR) is 56.6 cm³/mol. The highest BCUT2D eigenvalue weighted by molar-refractivity contribution is 5.85. The third kappa shape index (κ3) is 2.14. The van der Waals surface area contributed by atoms with Crippen molar-refractivity contribution in [3.8, 4) is 0 Å². The molecule has 0 aromatic rings. The number of hydrogen-bond acceptors (Lipinski definition) is 1. The second-order valence-corrected chi connectivity index (χ2v) is 5.31. The molecule has 0 amide bonds. The molecule has 2 heteroatoms. The molecule has 0 atom stereocenters. The van der Waals surface area contributed by atoms with Gasteiger partial charge in [0.25, 0.3) is 0 Å². The van der Waals surface area contributed by atoms with Crippen molar-refractivity contribution in [1.29, 1.82) is 0 Å². The summed E-state index contributed by atoms with van der Waals surface area (Å²) in [5.41, 5.74) is 6.89. The minimum atomic E-state index is 0. The lowest BCUT2D eigenvalue weighted by Gasteiger charge is -2.47. The van der Waals surface area contributed by atoms with E-state index < -0.39 is 0 Å². The van der Waals surface area contributed by atoms with Gasteiger partial charge in [0.05, 0.1) is 0 Å². The third-order valence-electron chi connectivity index (χ3n) is 3.33. The van der Waals surface area contributed by atoms with Gasteiger partial charge in [-0.1, -0.05) is 34.1 Å². The Bertz CT molecular complexity index is 136. The maximum atomic E-state index is 6.19. The molecule has 0 aromatic heterocycles. The molecule has 0 aliphatic heterocycles. The van der Waals surface area contributed by atoms with Gasteiger partial charge in [-0.25, -0.2) is 0 Å². The van der Waals surface area contributed by atoms with Gasteiger partial charge in [-0.15, -0.1) is 12.4 Å². The van der Waals surface area contributed by atoms with Crippen LogP contribution in [0.25, 0.3) is 0 Å². The Morgan fingerprint density at radius 3 is 1.58 bits per heavy atom. The van der Waals surface area contributed by atoms with Gasteiger partial charge in [0.15, 0.2) is 0 Å². The molecule has 0 spiro atoms. The summed E-state index contributed by atoms with van der Waals surface area (Å²) < 4.78 is 0. The van der Waals surface area contributed by atoms with Crippen molar-refractivity contribution in [2.45, 2.75) is 53.0 Å². The third-order valence-corrected chi connectivity index (χ3v) is 3.33. The Balaban J connectivity index is 0.00000121. The quantitative estimate of drug-likeness (QED) is 0.626. The summed E-state index contributed by atoms with van der Waals surface area (Å²) in [6.07, 6.45) is 3.92. The van der Waals surface area contributed by atoms with Crippen LogP contribution in [0.5, 0.6) is 0 Å². The maximum absolute atomic E-state index is 6.19. The summed E-state index contributed by atoms with van der Waals surface area (Å²) >= 11 is 0. The average molecular weight is 192 g/mol. The average Bonchev–Trinajstić information content (AvgIpc) is 1.82. The van der Waals surface area contributed by atoms with Gasteiger partial charge < -0.3 is 5.73 Å². The Morgan fingerprint density at radius 2 is 1.33 bits per heavy atom. The van der Waals surface area contributed by atoms with Crippen LogP contribution in [-0.4, -0.2) is 6.04 Å². The van der Waals surface area contributed by atoms with Crippen LogP contribution in [-0.2, 0) is 0 Å². The van der Waals surface area contributed by atoms with Crippen LogP contribution in [0.3, 0.4) is 0 Å². The summed E-state index contributed by atoms with van der Waals surface area (Å²) in [6.45, 7) is 9.16. The second kappa shape index (κ2) is 3.55. The summed E-state index contributed by atoms with van der Waals surface area (Å²) in [6, 6.07) is 0.365. The van der Waals surface area contributed by atoms with Gasteiger partial charge in [-0.3, -0.25) is 0 Å². The van der Waals surface area contributed by atoms with Crippen molar-refractivity contribution in [2.75, 3.05) is 0 Å². The fourth-order valence-electron chi connectivity index (χ4n) is 2.37. The van der Waals surface area contributed by atoms with E-state index in [1.54, 1.807) is 0 Å². The minimum Gasteiger partial charge on any atom is -0.327 e. The zero-order valence-electron chi connectivity index (χ0n) is 8.68. The first-order valence-corrected chi connectivity index (χ1v) is 4.62. The van der Waals surface area contributed by atoms with E-state index in [0.29, 0.717) is 16.9 Å². The molecule has 1 aliphatic rings.